The zero-order valence-electron chi connectivity index (χ0n) is 15.0. The third-order valence-electron chi connectivity index (χ3n) is 3.69. The molecular weight excluding hydrogens is 320 g/mol. The minimum atomic E-state index is -0.977. The number of hydrogen-bond acceptors (Lipinski definition) is 4. The molecule has 134 valence electrons. The predicted molar refractivity (Wildman–Crippen MR) is 96.1 cm³/mol. The van der Waals surface area contributed by atoms with E-state index in [1.807, 2.05) is 18.2 Å². The first-order valence-electron chi connectivity index (χ1n) is 8.09. The molecule has 2 aromatic rings. The minimum Gasteiger partial charge on any atom is -0.497 e. The van der Waals surface area contributed by atoms with Gasteiger partial charge >= 0.3 is 5.97 Å². The number of ether oxygens (including phenoxy) is 3. The van der Waals surface area contributed by atoms with E-state index in [4.69, 9.17) is 19.3 Å². The smallest absolute Gasteiger partial charge is 0.335 e. The molecule has 0 unspecified atom stereocenters. The molecule has 0 amide bonds. The zero-order valence-corrected chi connectivity index (χ0v) is 15.0. The molecule has 0 atom stereocenters. The average Bonchev–Trinajstić information content (AvgIpc) is 2.58. The lowest BCUT2D eigenvalue weighted by molar-refractivity contribution is 0.0696. The highest BCUT2D eigenvalue weighted by molar-refractivity contribution is 5.87. The molecule has 0 saturated heterocycles. The SMILES string of the molecule is COc1ccc(OCCOc2cccc(C(=O)O)c2)c(C(C)(C)C)c1. The van der Waals surface area contributed by atoms with Crippen LogP contribution in [-0.2, 0) is 5.41 Å². The van der Waals surface area contributed by atoms with Crippen molar-refractivity contribution in [3.8, 4) is 17.2 Å². The molecular formula is C20H24O5. The van der Waals surface area contributed by atoms with Gasteiger partial charge in [-0.1, -0.05) is 26.8 Å². The van der Waals surface area contributed by atoms with Gasteiger partial charge in [0.25, 0.3) is 0 Å². The van der Waals surface area contributed by atoms with Crippen LogP contribution in [0.15, 0.2) is 42.5 Å². The van der Waals surface area contributed by atoms with E-state index in [-0.39, 0.29) is 11.0 Å². The Morgan fingerprint density at radius 1 is 1.00 bits per heavy atom. The summed E-state index contributed by atoms with van der Waals surface area (Å²) in [5.41, 5.74) is 1.17. The first-order valence-corrected chi connectivity index (χ1v) is 8.09. The number of carboxylic acids is 1. The van der Waals surface area contributed by atoms with Gasteiger partial charge in [-0.3, -0.25) is 0 Å². The van der Waals surface area contributed by atoms with E-state index >= 15 is 0 Å². The highest BCUT2D eigenvalue weighted by Crippen LogP contribution is 2.34. The lowest BCUT2D eigenvalue weighted by Crippen LogP contribution is -2.16. The summed E-state index contributed by atoms with van der Waals surface area (Å²) in [5.74, 6) is 1.11. The molecule has 0 bridgehead atoms. The van der Waals surface area contributed by atoms with Crippen molar-refractivity contribution >= 4 is 5.97 Å². The van der Waals surface area contributed by atoms with Crippen LogP contribution in [0.3, 0.4) is 0 Å². The second-order valence-electron chi connectivity index (χ2n) is 6.64. The van der Waals surface area contributed by atoms with Crippen molar-refractivity contribution in [1.82, 2.24) is 0 Å². The van der Waals surface area contributed by atoms with Gasteiger partial charge in [-0.2, -0.15) is 0 Å². The molecule has 0 aliphatic rings. The van der Waals surface area contributed by atoms with Crippen LogP contribution in [0.4, 0.5) is 0 Å². The Bertz CT molecular complexity index is 731. The molecule has 5 nitrogen and oxygen atoms in total. The number of hydrogen-bond donors (Lipinski definition) is 1. The van der Waals surface area contributed by atoms with Crippen molar-refractivity contribution in [3.05, 3.63) is 53.6 Å². The molecule has 0 aliphatic heterocycles. The Hall–Kier alpha value is -2.69. The van der Waals surface area contributed by atoms with Crippen LogP contribution in [0, 0.1) is 0 Å². The number of aromatic carboxylic acids is 1. The molecule has 5 heteroatoms. The predicted octanol–water partition coefficient (Wildman–Crippen LogP) is 4.15. The largest absolute Gasteiger partial charge is 0.497 e. The second kappa shape index (κ2) is 7.92. The lowest BCUT2D eigenvalue weighted by Gasteiger charge is -2.23. The third kappa shape index (κ3) is 5.14. The summed E-state index contributed by atoms with van der Waals surface area (Å²) in [7, 11) is 1.64. The summed E-state index contributed by atoms with van der Waals surface area (Å²) in [6.07, 6.45) is 0. The summed E-state index contributed by atoms with van der Waals surface area (Å²) in [4.78, 5) is 11.0. The number of benzene rings is 2. The van der Waals surface area contributed by atoms with E-state index in [1.165, 1.54) is 12.1 Å². The molecule has 0 heterocycles. The summed E-state index contributed by atoms with van der Waals surface area (Å²) >= 11 is 0. The molecule has 0 aromatic heterocycles. The second-order valence-corrected chi connectivity index (χ2v) is 6.64. The van der Waals surface area contributed by atoms with Crippen LogP contribution in [0.2, 0.25) is 0 Å². The van der Waals surface area contributed by atoms with E-state index in [1.54, 1.807) is 19.2 Å². The minimum absolute atomic E-state index is 0.0828. The van der Waals surface area contributed by atoms with Crippen LogP contribution >= 0.6 is 0 Å². The molecule has 1 N–H and O–H groups in total. The summed E-state index contributed by atoms with van der Waals surface area (Å²) in [6, 6.07) is 12.1. The van der Waals surface area contributed by atoms with Gasteiger partial charge in [0.2, 0.25) is 0 Å². The monoisotopic (exact) mass is 344 g/mol. The van der Waals surface area contributed by atoms with Crippen LogP contribution in [0.5, 0.6) is 17.2 Å². The Balaban J connectivity index is 1.98. The van der Waals surface area contributed by atoms with E-state index < -0.39 is 5.97 Å². The first kappa shape index (κ1) is 18.6. The van der Waals surface area contributed by atoms with Gasteiger partial charge < -0.3 is 19.3 Å². The van der Waals surface area contributed by atoms with E-state index in [0.29, 0.717) is 19.0 Å². The highest BCUT2D eigenvalue weighted by Gasteiger charge is 2.20. The van der Waals surface area contributed by atoms with E-state index in [2.05, 4.69) is 20.8 Å². The third-order valence-corrected chi connectivity index (χ3v) is 3.69. The van der Waals surface area contributed by atoms with Gasteiger partial charge in [0, 0.05) is 5.56 Å². The molecule has 2 rings (SSSR count). The standard InChI is InChI=1S/C20H24O5/c1-20(2,3)17-13-15(23-4)8-9-18(17)25-11-10-24-16-7-5-6-14(12-16)19(21)22/h5-9,12-13H,10-11H2,1-4H3,(H,21,22). The van der Waals surface area contributed by atoms with Crippen LogP contribution in [0.1, 0.15) is 36.7 Å². The van der Waals surface area contributed by atoms with Gasteiger partial charge in [-0.05, 0) is 41.8 Å². The van der Waals surface area contributed by atoms with E-state index in [9.17, 15) is 4.79 Å². The number of methoxy groups -OCH3 is 1. The molecule has 0 radical (unpaired) electrons. The fourth-order valence-corrected chi connectivity index (χ4v) is 2.38. The van der Waals surface area contributed by atoms with Crippen molar-refractivity contribution in [2.75, 3.05) is 20.3 Å². The maximum absolute atomic E-state index is 11.0. The maximum atomic E-state index is 11.0. The Labute approximate surface area is 148 Å². The Kier molecular flexibility index (Phi) is 5.91. The molecule has 0 spiro atoms. The van der Waals surface area contributed by atoms with Gasteiger partial charge in [0.1, 0.15) is 30.5 Å². The van der Waals surface area contributed by atoms with Gasteiger partial charge in [0.15, 0.2) is 0 Å². The topological polar surface area (TPSA) is 65.0 Å². The Morgan fingerprint density at radius 2 is 1.72 bits per heavy atom. The van der Waals surface area contributed by atoms with Crippen LogP contribution in [0.25, 0.3) is 0 Å². The molecule has 0 aliphatic carbocycles. The van der Waals surface area contributed by atoms with Crippen LogP contribution < -0.4 is 14.2 Å². The van der Waals surface area contributed by atoms with Crippen molar-refractivity contribution in [1.29, 1.82) is 0 Å². The molecule has 0 fully saturated rings. The quantitative estimate of drug-likeness (QED) is 0.765. The Morgan fingerprint density at radius 3 is 2.36 bits per heavy atom. The highest BCUT2D eigenvalue weighted by atomic mass is 16.5. The number of carbonyl (C=O) groups is 1. The summed E-state index contributed by atoms with van der Waals surface area (Å²) in [5, 5.41) is 8.99. The first-order chi connectivity index (χ1) is 11.8. The normalized spacial score (nSPS) is 11.0. The molecule has 25 heavy (non-hydrogen) atoms. The fraction of sp³-hybridized carbons (Fsp3) is 0.350. The average molecular weight is 344 g/mol. The van der Waals surface area contributed by atoms with Gasteiger partial charge in [-0.25, -0.2) is 4.79 Å². The van der Waals surface area contributed by atoms with Gasteiger partial charge in [-0.15, -0.1) is 0 Å². The van der Waals surface area contributed by atoms with E-state index in [0.717, 1.165) is 17.1 Å². The summed E-state index contributed by atoms with van der Waals surface area (Å²) in [6.45, 7) is 7.01. The number of carboxylic acid groups (broad SMARTS) is 1. The molecule has 0 saturated carbocycles. The maximum Gasteiger partial charge on any atom is 0.335 e. The van der Waals surface area contributed by atoms with Crippen molar-refractivity contribution < 1.29 is 24.1 Å². The zero-order chi connectivity index (χ0) is 18.4. The van der Waals surface area contributed by atoms with Gasteiger partial charge in [0.05, 0.1) is 12.7 Å². The summed E-state index contributed by atoms with van der Waals surface area (Å²) < 4.78 is 16.7. The molecule has 2 aromatic carbocycles. The van der Waals surface area contributed by atoms with Crippen LogP contribution in [-0.4, -0.2) is 31.4 Å². The fourth-order valence-electron chi connectivity index (χ4n) is 2.38. The van der Waals surface area contributed by atoms with Crippen molar-refractivity contribution in [2.24, 2.45) is 0 Å². The van der Waals surface area contributed by atoms with Crippen molar-refractivity contribution in [2.45, 2.75) is 26.2 Å². The van der Waals surface area contributed by atoms with Crippen molar-refractivity contribution in [3.63, 3.8) is 0 Å². The number of rotatable bonds is 7. The lowest BCUT2D eigenvalue weighted by atomic mass is 9.86.